The Kier molecular flexibility index (Phi) is 6.74. The summed E-state index contributed by atoms with van der Waals surface area (Å²) < 4.78 is 14.7. The van der Waals surface area contributed by atoms with E-state index in [-0.39, 0.29) is 31.3 Å². The molecule has 0 bridgehead atoms. The Morgan fingerprint density at radius 3 is 2.43 bits per heavy atom. The highest BCUT2D eigenvalue weighted by molar-refractivity contribution is 5.94. The largest absolute Gasteiger partial charge is 0.454 e. The van der Waals surface area contributed by atoms with Crippen molar-refractivity contribution in [3.05, 3.63) is 151 Å². The normalized spacial score (nSPS) is 12.1. The minimum absolute atomic E-state index is 0.00272. The van der Waals surface area contributed by atoms with Crippen LogP contribution >= 0.6 is 0 Å². The van der Waals surface area contributed by atoms with Gasteiger partial charge in [-0.1, -0.05) is 36.4 Å². The molecule has 1 aliphatic heterocycles. The third kappa shape index (κ3) is 5.00. The van der Waals surface area contributed by atoms with Crippen LogP contribution in [0.2, 0.25) is 0 Å². The summed E-state index contributed by atoms with van der Waals surface area (Å²) >= 11 is 0. The van der Waals surface area contributed by atoms with Crippen molar-refractivity contribution < 1.29 is 14.3 Å². The van der Waals surface area contributed by atoms with Crippen LogP contribution < -0.4 is 31.6 Å². The molecule has 0 saturated carbocycles. The summed E-state index contributed by atoms with van der Waals surface area (Å²) in [6, 6.07) is 25.7. The predicted molar refractivity (Wildman–Crippen MR) is 162 cm³/mol. The molecule has 7 rings (SSSR count). The number of carbonyl (C=O) groups is 1. The van der Waals surface area contributed by atoms with Crippen molar-refractivity contribution in [1.29, 1.82) is 0 Å². The summed E-state index contributed by atoms with van der Waals surface area (Å²) in [6.45, 7) is 0.486. The van der Waals surface area contributed by atoms with Gasteiger partial charge in [0.05, 0.1) is 29.7 Å². The van der Waals surface area contributed by atoms with Crippen LogP contribution in [0.15, 0.2) is 112 Å². The van der Waals surface area contributed by atoms with E-state index in [2.05, 4.69) is 10.3 Å². The van der Waals surface area contributed by atoms with Crippen molar-refractivity contribution in [2.24, 2.45) is 0 Å². The Bertz CT molecular complexity index is 2250. The Hall–Kier alpha value is -5.97. The molecule has 1 N–H and O–H groups in total. The molecule has 1 aliphatic rings. The Morgan fingerprint density at radius 1 is 0.795 bits per heavy atom. The van der Waals surface area contributed by atoms with Gasteiger partial charge < -0.3 is 14.8 Å². The molecular weight excluding hydrogens is 562 g/mol. The first-order chi connectivity index (χ1) is 21.4. The number of nitrogens with one attached hydrogen (secondary N) is 1. The van der Waals surface area contributed by atoms with E-state index in [0.29, 0.717) is 51.4 Å². The van der Waals surface area contributed by atoms with Gasteiger partial charge in [-0.3, -0.25) is 27.9 Å². The minimum atomic E-state index is -0.533. The molecule has 0 radical (unpaired) electrons. The van der Waals surface area contributed by atoms with Gasteiger partial charge in [0.25, 0.3) is 17.0 Å². The topological polar surface area (TPSA) is 126 Å². The minimum Gasteiger partial charge on any atom is -0.454 e. The second-order valence-corrected chi connectivity index (χ2v) is 10.4. The van der Waals surface area contributed by atoms with Gasteiger partial charge in [0.15, 0.2) is 11.5 Å². The van der Waals surface area contributed by atoms with E-state index < -0.39 is 11.2 Å². The van der Waals surface area contributed by atoms with Gasteiger partial charge in [-0.2, -0.15) is 0 Å². The summed E-state index contributed by atoms with van der Waals surface area (Å²) in [4.78, 5) is 57.2. The van der Waals surface area contributed by atoms with Gasteiger partial charge >= 0.3 is 5.69 Å². The first-order valence-electron chi connectivity index (χ1n) is 13.9. The number of pyridine rings is 1. The molecule has 3 aromatic carbocycles. The van der Waals surface area contributed by atoms with Crippen molar-refractivity contribution in [3.8, 4) is 11.5 Å². The van der Waals surface area contributed by atoms with Crippen molar-refractivity contribution in [2.45, 2.75) is 19.6 Å². The van der Waals surface area contributed by atoms with Crippen LogP contribution in [-0.4, -0.2) is 31.2 Å². The highest BCUT2D eigenvalue weighted by Gasteiger charge is 2.16. The number of hydrogen-bond donors (Lipinski definition) is 1. The molecule has 6 aromatic rings. The van der Waals surface area contributed by atoms with E-state index in [0.717, 1.165) is 10.1 Å². The average Bonchev–Trinajstić information content (AvgIpc) is 3.52. The standard InChI is InChI=1S/C33H25N5O6/c39-30-16-24(35-29-7-3-4-14-36(29)30)19-37-26-6-2-1-5-25(26)32(41)38(33(37)42)18-21-8-11-23(12-9-21)31(40)34-17-22-10-13-27-28(15-22)44-20-43-27/h1-16H,17-20H2,(H,34,40). The molecule has 218 valence electrons. The number of benzene rings is 3. The third-order valence-corrected chi connectivity index (χ3v) is 7.52. The maximum Gasteiger partial charge on any atom is 0.332 e. The number of aromatic nitrogens is 4. The van der Waals surface area contributed by atoms with Crippen molar-refractivity contribution in [2.75, 3.05) is 6.79 Å². The van der Waals surface area contributed by atoms with Crippen molar-refractivity contribution in [3.63, 3.8) is 0 Å². The number of para-hydroxylation sites is 1. The van der Waals surface area contributed by atoms with Crippen LogP contribution in [0.1, 0.15) is 27.2 Å². The molecule has 0 fully saturated rings. The summed E-state index contributed by atoms with van der Waals surface area (Å²) in [5, 5.41) is 3.25. The molecule has 0 aliphatic carbocycles. The van der Waals surface area contributed by atoms with E-state index in [1.54, 1.807) is 79.0 Å². The lowest BCUT2D eigenvalue weighted by Crippen LogP contribution is -2.40. The number of carbonyl (C=O) groups excluding carboxylic acids is 1. The highest BCUT2D eigenvalue weighted by atomic mass is 16.7. The summed E-state index contributed by atoms with van der Waals surface area (Å²) in [6.07, 6.45) is 1.63. The second-order valence-electron chi connectivity index (χ2n) is 10.4. The number of ether oxygens (including phenoxy) is 2. The average molecular weight is 588 g/mol. The lowest BCUT2D eigenvalue weighted by molar-refractivity contribution is 0.0951. The molecule has 0 unspecified atom stereocenters. The maximum atomic E-state index is 13.8. The first-order valence-corrected chi connectivity index (χ1v) is 13.9. The van der Waals surface area contributed by atoms with Crippen LogP contribution in [0.5, 0.6) is 11.5 Å². The van der Waals surface area contributed by atoms with Crippen LogP contribution in [0.25, 0.3) is 16.6 Å². The number of fused-ring (bicyclic) bond motifs is 3. The van der Waals surface area contributed by atoms with Gasteiger partial charge in [0.2, 0.25) is 6.79 Å². The molecule has 11 heteroatoms. The molecule has 0 spiro atoms. The molecule has 11 nitrogen and oxygen atoms in total. The molecule has 4 heterocycles. The molecule has 0 atom stereocenters. The second kappa shape index (κ2) is 11.0. The fourth-order valence-electron chi connectivity index (χ4n) is 5.29. The van der Waals surface area contributed by atoms with Crippen LogP contribution in [0, 0.1) is 0 Å². The maximum absolute atomic E-state index is 13.8. The third-order valence-electron chi connectivity index (χ3n) is 7.52. The van der Waals surface area contributed by atoms with Gasteiger partial charge in [0, 0.05) is 24.4 Å². The van der Waals surface area contributed by atoms with E-state index >= 15 is 0 Å². The highest BCUT2D eigenvalue weighted by Crippen LogP contribution is 2.32. The predicted octanol–water partition coefficient (Wildman–Crippen LogP) is 2.93. The lowest BCUT2D eigenvalue weighted by atomic mass is 10.1. The first kappa shape index (κ1) is 26.9. The van der Waals surface area contributed by atoms with Crippen LogP contribution in [-0.2, 0) is 19.6 Å². The summed E-state index contributed by atoms with van der Waals surface area (Å²) in [5.74, 6) is 1.05. The van der Waals surface area contributed by atoms with Crippen molar-refractivity contribution in [1.82, 2.24) is 23.8 Å². The number of hydrogen-bond acceptors (Lipinski definition) is 7. The van der Waals surface area contributed by atoms with Crippen molar-refractivity contribution >= 4 is 22.5 Å². The van der Waals surface area contributed by atoms with E-state index in [9.17, 15) is 19.2 Å². The molecular formula is C33H25N5O6. The SMILES string of the molecule is O=C(NCc1ccc2c(c1)OCO2)c1ccc(Cn2c(=O)c3ccccc3n(Cc3cc(=O)n4ccccc4n3)c2=O)cc1. The summed E-state index contributed by atoms with van der Waals surface area (Å²) in [7, 11) is 0. The van der Waals surface area contributed by atoms with Crippen LogP contribution in [0.3, 0.4) is 0 Å². The zero-order chi connectivity index (χ0) is 30.2. The molecule has 1 amide bonds. The van der Waals surface area contributed by atoms with Gasteiger partial charge in [-0.05, 0) is 59.7 Å². The summed E-state index contributed by atoms with van der Waals surface area (Å²) in [5.41, 5.74) is 2.05. The Labute approximate surface area is 249 Å². The Balaban J connectivity index is 1.14. The van der Waals surface area contributed by atoms with Gasteiger partial charge in [-0.15, -0.1) is 0 Å². The zero-order valence-corrected chi connectivity index (χ0v) is 23.3. The fourth-order valence-corrected chi connectivity index (χ4v) is 5.29. The molecule has 3 aromatic heterocycles. The van der Waals surface area contributed by atoms with Crippen LogP contribution in [0.4, 0.5) is 0 Å². The van der Waals surface area contributed by atoms with Gasteiger partial charge in [-0.25, -0.2) is 9.78 Å². The van der Waals surface area contributed by atoms with E-state index in [1.807, 2.05) is 12.1 Å². The number of nitrogens with zero attached hydrogens (tertiary/aromatic N) is 4. The van der Waals surface area contributed by atoms with E-state index in [1.165, 1.54) is 15.0 Å². The quantitative estimate of drug-likeness (QED) is 0.304. The lowest BCUT2D eigenvalue weighted by Gasteiger charge is -2.14. The number of rotatable bonds is 7. The zero-order valence-electron chi connectivity index (χ0n) is 23.3. The van der Waals surface area contributed by atoms with E-state index in [4.69, 9.17) is 9.47 Å². The number of amides is 1. The monoisotopic (exact) mass is 587 g/mol. The molecule has 0 saturated heterocycles. The fraction of sp³-hybridized carbons (Fsp3) is 0.121. The molecule has 44 heavy (non-hydrogen) atoms. The Morgan fingerprint density at radius 2 is 1.57 bits per heavy atom. The smallest absolute Gasteiger partial charge is 0.332 e. The van der Waals surface area contributed by atoms with Gasteiger partial charge in [0.1, 0.15) is 5.65 Å².